The highest BCUT2D eigenvalue weighted by Crippen LogP contribution is 2.22. The van der Waals surface area contributed by atoms with Crippen LogP contribution in [0.25, 0.3) is 5.69 Å². The lowest BCUT2D eigenvalue weighted by molar-refractivity contribution is 0.625. The maximum atomic E-state index is 13.2. The number of hydrogen-bond acceptors (Lipinski definition) is 2. The normalized spacial score (nSPS) is 11.0. The lowest BCUT2D eigenvalue weighted by Crippen LogP contribution is -2.06. The second-order valence-corrected chi connectivity index (χ2v) is 4.63. The Labute approximate surface area is 113 Å². The third-order valence-corrected chi connectivity index (χ3v) is 3.43. The SMILES string of the molecule is CCc1nn(-c2ccc(F)cc2C)c(CC)c1CN. The van der Waals surface area contributed by atoms with Crippen LogP contribution < -0.4 is 5.73 Å². The molecule has 0 radical (unpaired) electrons. The van der Waals surface area contributed by atoms with Crippen LogP contribution in [0.15, 0.2) is 18.2 Å². The number of nitrogens with two attached hydrogens (primary N) is 1. The molecular weight excluding hydrogens is 241 g/mol. The standard InChI is InChI=1S/C15H20FN3/c1-4-13-12(9-17)14(5-2)19(18-13)15-7-6-11(16)8-10(15)3/h6-8H,4-5,9,17H2,1-3H3. The summed E-state index contributed by atoms with van der Waals surface area (Å²) >= 11 is 0. The molecule has 0 amide bonds. The third-order valence-electron chi connectivity index (χ3n) is 3.43. The Hall–Kier alpha value is -1.68. The highest BCUT2D eigenvalue weighted by molar-refractivity contribution is 5.43. The highest BCUT2D eigenvalue weighted by atomic mass is 19.1. The lowest BCUT2D eigenvalue weighted by Gasteiger charge is -2.10. The average Bonchev–Trinajstić information content (AvgIpc) is 2.76. The zero-order valence-electron chi connectivity index (χ0n) is 11.7. The summed E-state index contributed by atoms with van der Waals surface area (Å²) in [5.74, 6) is -0.221. The number of hydrogen-bond donors (Lipinski definition) is 1. The largest absolute Gasteiger partial charge is 0.326 e. The van der Waals surface area contributed by atoms with E-state index in [9.17, 15) is 4.39 Å². The zero-order valence-corrected chi connectivity index (χ0v) is 11.7. The smallest absolute Gasteiger partial charge is 0.123 e. The van der Waals surface area contributed by atoms with Crippen LogP contribution in [0.4, 0.5) is 4.39 Å². The van der Waals surface area contributed by atoms with Gasteiger partial charge in [-0.2, -0.15) is 5.10 Å². The molecule has 2 rings (SSSR count). The van der Waals surface area contributed by atoms with Crippen LogP contribution in [0.3, 0.4) is 0 Å². The van der Waals surface area contributed by atoms with E-state index in [1.165, 1.54) is 12.1 Å². The quantitative estimate of drug-likeness (QED) is 0.919. The second-order valence-electron chi connectivity index (χ2n) is 4.63. The number of benzene rings is 1. The molecule has 102 valence electrons. The van der Waals surface area contributed by atoms with Crippen LogP contribution in [0, 0.1) is 12.7 Å². The molecule has 1 aromatic carbocycles. The maximum absolute atomic E-state index is 13.2. The molecule has 0 saturated carbocycles. The molecule has 0 unspecified atom stereocenters. The van der Waals surface area contributed by atoms with E-state index in [0.29, 0.717) is 6.54 Å². The first kappa shape index (κ1) is 13.7. The van der Waals surface area contributed by atoms with Gasteiger partial charge in [0, 0.05) is 17.8 Å². The summed E-state index contributed by atoms with van der Waals surface area (Å²) in [5, 5.41) is 4.65. The van der Waals surface area contributed by atoms with E-state index in [0.717, 1.165) is 41.0 Å². The predicted molar refractivity (Wildman–Crippen MR) is 74.9 cm³/mol. The van der Waals surface area contributed by atoms with Crippen molar-refractivity contribution in [2.24, 2.45) is 5.73 Å². The molecule has 0 atom stereocenters. The van der Waals surface area contributed by atoms with Gasteiger partial charge in [0.15, 0.2) is 0 Å². The Balaban J connectivity index is 2.64. The Morgan fingerprint density at radius 2 is 2.00 bits per heavy atom. The van der Waals surface area contributed by atoms with Crippen molar-refractivity contribution in [1.29, 1.82) is 0 Å². The molecule has 0 spiro atoms. The number of aryl methyl sites for hydroxylation is 2. The van der Waals surface area contributed by atoms with E-state index >= 15 is 0 Å². The first-order valence-corrected chi connectivity index (χ1v) is 6.68. The van der Waals surface area contributed by atoms with E-state index in [4.69, 9.17) is 5.73 Å². The number of halogens is 1. The van der Waals surface area contributed by atoms with E-state index in [1.807, 2.05) is 11.6 Å². The van der Waals surface area contributed by atoms with E-state index in [-0.39, 0.29) is 5.82 Å². The maximum Gasteiger partial charge on any atom is 0.123 e. The molecular formula is C15H20FN3. The van der Waals surface area contributed by atoms with Gasteiger partial charge in [-0.3, -0.25) is 0 Å². The molecule has 4 heteroatoms. The first-order chi connectivity index (χ1) is 9.12. The summed E-state index contributed by atoms with van der Waals surface area (Å²) in [6, 6.07) is 4.78. The Kier molecular flexibility index (Phi) is 4.00. The van der Waals surface area contributed by atoms with Crippen LogP contribution in [-0.2, 0) is 19.4 Å². The molecule has 1 aromatic heterocycles. The fourth-order valence-electron chi connectivity index (χ4n) is 2.47. The predicted octanol–water partition coefficient (Wildman–Crippen LogP) is 2.90. The molecule has 0 aliphatic heterocycles. The van der Waals surface area contributed by atoms with Gasteiger partial charge in [0.25, 0.3) is 0 Å². The van der Waals surface area contributed by atoms with Crippen molar-refractivity contribution >= 4 is 0 Å². The summed E-state index contributed by atoms with van der Waals surface area (Å²) < 4.78 is 15.1. The first-order valence-electron chi connectivity index (χ1n) is 6.68. The van der Waals surface area contributed by atoms with E-state index in [2.05, 4.69) is 18.9 Å². The van der Waals surface area contributed by atoms with Crippen molar-refractivity contribution in [2.75, 3.05) is 0 Å². The van der Waals surface area contributed by atoms with Gasteiger partial charge in [0.05, 0.1) is 11.4 Å². The fourth-order valence-corrected chi connectivity index (χ4v) is 2.47. The molecule has 19 heavy (non-hydrogen) atoms. The summed E-state index contributed by atoms with van der Waals surface area (Å²) in [5.41, 5.74) is 10.9. The summed E-state index contributed by atoms with van der Waals surface area (Å²) in [6.45, 7) is 6.55. The number of nitrogens with zero attached hydrogens (tertiary/aromatic N) is 2. The number of rotatable bonds is 4. The highest BCUT2D eigenvalue weighted by Gasteiger charge is 2.16. The monoisotopic (exact) mass is 261 g/mol. The van der Waals surface area contributed by atoms with Gasteiger partial charge in [0.2, 0.25) is 0 Å². The Morgan fingerprint density at radius 3 is 2.53 bits per heavy atom. The molecule has 0 fully saturated rings. The van der Waals surface area contributed by atoms with Crippen LogP contribution in [0.5, 0.6) is 0 Å². The van der Waals surface area contributed by atoms with Gasteiger partial charge in [0.1, 0.15) is 5.82 Å². The minimum atomic E-state index is -0.221. The van der Waals surface area contributed by atoms with E-state index < -0.39 is 0 Å². The van der Waals surface area contributed by atoms with Crippen molar-refractivity contribution in [3.05, 3.63) is 46.5 Å². The summed E-state index contributed by atoms with van der Waals surface area (Å²) in [6.07, 6.45) is 1.71. The molecule has 2 aromatic rings. The lowest BCUT2D eigenvalue weighted by atomic mass is 10.1. The van der Waals surface area contributed by atoms with Crippen LogP contribution in [0.2, 0.25) is 0 Å². The topological polar surface area (TPSA) is 43.8 Å². The Bertz CT molecular complexity index is 587. The molecule has 0 aliphatic carbocycles. The molecule has 2 N–H and O–H groups in total. The van der Waals surface area contributed by atoms with Crippen LogP contribution in [0.1, 0.15) is 36.4 Å². The van der Waals surface area contributed by atoms with Crippen molar-refractivity contribution < 1.29 is 4.39 Å². The minimum absolute atomic E-state index is 0.221. The molecule has 1 heterocycles. The van der Waals surface area contributed by atoms with Gasteiger partial charge in [-0.15, -0.1) is 0 Å². The molecule has 3 nitrogen and oxygen atoms in total. The molecule has 0 aliphatic rings. The second kappa shape index (κ2) is 5.53. The van der Waals surface area contributed by atoms with Gasteiger partial charge >= 0.3 is 0 Å². The summed E-state index contributed by atoms with van der Waals surface area (Å²) in [4.78, 5) is 0. The average molecular weight is 261 g/mol. The van der Waals surface area contributed by atoms with Crippen LogP contribution >= 0.6 is 0 Å². The minimum Gasteiger partial charge on any atom is -0.326 e. The van der Waals surface area contributed by atoms with Gasteiger partial charge in [-0.25, -0.2) is 9.07 Å². The fraction of sp³-hybridized carbons (Fsp3) is 0.400. The summed E-state index contributed by atoms with van der Waals surface area (Å²) in [7, 11) is 0. The third kappa shape index (κ3) is 2.40. The molecule has 0 saturated heterocycles. The number of aromatic nitrogens is 2. The van der Waals surface area contributed by atoms with Gasteiger partial charge < -0.3 is 5.73 Å². The Morgan fingerprint density at radius 1 is 1.26 bits per heavy atom. The van der Waals surface area contributed by atoms with Crippen molar-refractivity contribution in [1.82, 2.24) is 9.78 Å². The van der Waals surface area contributed by atoms with Crippen molar-refractivity contribution in [3.63, 3.8) is 0 Å². The van der Waals surface area contributed by atoms with Crippen molar-refractivity contribution in [3.8, 4) is 5.69 Å². The van der Waals surface area contributed by atoms with Gasteiger partial charge in [-0.1, -0.05) is 13.8 Å². The zero-order chi connectivity index (χ0) is 14.0. The van der Waals surface area contributed by atoms with Gasteiger partial charge in [-0.05, 0) is 43.5 Å². The van der Waals surface area contributed by atoms with Crippen LogP contribution in [-0.4, -0.2) is 9.78 Å². The van der Waals surface area contributed by atoms with Crippen molar-refractivity contribution in [2.45, 2.75) is 40.2 Å². The van der Waals surface area contributed by atoms with E-state index in [1.54, 1.807) is 6.07 Å². The molecule has 0 bridgehead atoms.